The summed E-state index contributed by atoms with van der Waals surface area (Å²) in [7, 11) is 0. The van der Waals surface area contributed by atoms with Gasteiger partial charge in [-0.15, -0.1) is 0 Å². The molecule has 0 N–H and O–H groups in total. The molecule has 1 aliphatic carbocycles. The number of Topliss-reactive ketones (excluding diaryl/α,β-unsaturated/α-hetero) is 1. The third-order valence-corrected chi connectivity index (χ3v) is 2.58. The lowest BCUT2D eigenvalue weighted by molar-refractivity contribution is -0.385. The summed E-state index contributed by atoms with van der Waals surface area (Å²) >= 11 is 0. The predicted molar refractivity (Wildman–Crippen MR) is 56.5 cm³/mol. The first-order valence-electron chi connectivity index (χ1n) is 4.99. The Hall–Kier alpha value is -1.91. The Labute approximate surface area is 92.2 Å². The van der Waals surface area contributed by atoms with Crippen molar-refractivity contribution in [3.8, 4) is 5.75 Å². The highest BCUT2D eigenvalue weighted by atomic mass is 16.6. The molecule has 84 valence electrons. The predicted octanol–water partition coefficient (Wildman–Crippen LogP) is 2.01. The monoisotopic (exact) mass is 221 g/mol. The second-order valence-corrected chi connectivity index (χ2v) is 3.89. The summed E-state index contributed by atoms with van der Waals surface area (Å²) in [4.78, 5) is 20.9. The summed E-state index contributed by atoms with van der Waals surface area (Å²) in [5.74, 6) is 0.782. The molecule has 5 heteroatoms. The van der Waals surface area contributed by atoms with Crippen LogP contribution in [0, 0.1) is 17.0 Å². The van der Waals surface area contributed by atoms with E-state index in [0.717, 1.165) is 0 Å². The van der Waals surface area contributed by atoms with Gasteiger partial charge in [-0.05, 0) is 19.1 Å². The van der Waals surface area contributed by atoms with E-state index < -0.39 is 4.92 Å². The maximum Gasteiger partial charge on any atom is 0.272 e. The fourth-order valence-electron chi connectivity index (χ4n) is 1.63. The van der Waals surface area contributed by atoms with Gasteiger partial charge in [0.2, 0.25) is 0 Å². The lowest BCUT2D eigenvalue weighted by Gasteiger charge is -2.25. The lowest BCUT2D eigenvalue weighted by atomic mass is 9.94. The van der Waals surface area contributed by atoms with E-state index in [1.807, 2.05) is 0 Å². The molecule has 5 nitrogen and oxygen atoms in total. The van der Waals surface area contributed by atoms with Gasteiger partial charge in [-0.1, -0.05) is 0 Å². The Morgan fingerprint density at radius 2 is 2.12 bits per heavy atom. The number of nitro groups is 1. The zero-order valence-corrected chi connectivity index (χ0v) is 8.80. The molecule has 0 heterocycles. The van der Waals surface area contributed by atoms with Crippen molar-refractivity contribution in [1.82, 2.24) is 0 Å². The van der Waals surface area contributed by atoms with Crippen molar-refractivity contribution < 1.29 is 14.5 Å². The number of ketones is 1. The van der Waals surface area contributed by atoms with Gasteiger partial charge < -0.3 is 4.74 Å². The van der Waals surface area contributed by atoms with Crippen LogP contribution in [-0.2, 0) is 4.79 Å². The Morgan fingerprint density at radius 1 is 1.44 bits per heavy atom. The van der Waals surface area contributed by atoms with Crippen LogP contribution in [0.25, 0.3) is 0 Å². The lowest BCUT2D eigenvalue weighted by Crippen LogP contribution is -2.33. The first-order valence-corrected chi connectivity index (χ1v) is 4.99. The van der Waals surface area contributed by atoms with Gasteiger partial charge >= 0.3 is 0 Å². The average molecular weight is 221 g/mol. The van der Waals surface area contributed by atoms with E-state index >= 15 is 0 Å². The Morgan fingerprint density at radius 3 is 2.62 bits per heavy atom. The third kappa shape index (κ3) is 2.03. The molecule has 1 aliphatic rings. The molecule has 0 atom stereocenters. The summed E-state index contributed by atoms with van der Waals surface area (Å²) in [6.45, 7) is 1.66. The molecule has 0 spiro atoms. The molecule has 16 heavy (non-hydrogen) atoms. The minimum atomic E-state index is -0.425. The molecule has 0 bridgehead atoms. The molecule has 0 aromatic heterocycles. The van der Waals surface area contributed by atoms with Crippen LogP contribution >= 0.6 is 0 Å². The number of hydrogen-bond acceptors (Lipinski definition) is 4. The molecule has 0 amide bonds. The fraction of sp³-hybridized carbons (Fsp3) is 0.364. The third-order valence-electron chi connectivity index (χ3n) is 2.58. The average Bonchev–Trinajstić information content (AvgIpc) is 2.15. The van der Waals surface area contributed by atoms with E-state index in [1.54, 1.807) is 19.1 Å². The van der Waals surface area contributed by atoms with Crippen molar-refractivity contribution in [2.45, 2.75) is 25.9 Å². The van der Waals surface area contributed by atoms with Gasteiger partial charge in [0.15, 0.2) is 0 Å². The van der Waals surface area contributed by atoms with Crippen molar-refractivity contribution in [2.24, 2.45) is 0 Å². The van der Waals surface area contributed by atoms with E-state index in [0.29, 0.717) is 24.2 Å². The first kappa shape index (κ1) is 10.6. The maximum atomic E-state index is 10.7. The van der Waals surface area contributed by atoms with Crippen LogP contribution in [0.3, 0.4) is 0 Å². The minimum Gasteiger partial charge on any atom is -0.489 e. The van der Waals surface area contributed by atoms with Gasteiger partial charge in [-0.3, -0.25) is 14.9 Å². The first-order chi connectivity index (χ1) is 7.56. The molecule has 1 aromatic carbocycles. The number of ether oxygens (including phenoxy) is 1. The normalized spacial score (nSPS) is 15.7. The number of nitro benzene ring substituents is 1. The fourth-order valence-corrected chi connectivity index (χ4v) is 1.63. The summed E-state index contributed by atoms with van der Waals surface area (Å²) < 4.78 is 5.49. The van der Waals surface area contributed by atoms with E-state index in [-0.39, 0.29) is 17.6 Å². The number of benzene rings is 1. The van der Waals surface area contributed by atoms with Crippen molar-refractivity contribution in [1.29, 1.82) is 0 Å². The van der Waals surface area contributed by atoms with Crippen LogP contribution in [0.2, 0.25) is 0 Å². The zero-order valence-electron chi connectivity index (χ0n) is 8.80. The quantitative estimate of drug-likeness (QED) is 0.578. The van der Waals surface area contributed by atoms with Crippen LogP contribution in [0.1, 0.15) is 18.4 Å². The number of aryl methyl sites for hydroxylation is 1. The summed E-state index contributed by atoms with van der Waals surface area (Å²) in [6, 6.07) is 4.61. The SMILES string of the molecule is Cc1cc(OC2CC(=O)C2)ccc1[N+](=O)[O-]. The van der Waals surface area contributed by atoms with Crippen LogP contribution in [0.5, 0.6) is 5.75 Å². The van der Waals surface area contributed by atoms with Gasteiger partial charge in [0.1, 0.15) is 17.6 Å². The molecular formula is C11H11NO4. The standard InChI is InChI=1S/C11H11NO4/c1-7-4-9(2-3-11(7)12(14)15)16-10-5-8(13)6-10/h2-4,10H,5-6H2,1H3. The number of rotatable bonds is 3. The van der Waals surface area contributed by atoms with Crippen molar-refractivity contribution in [3.05, 3.63) is 33.9 Å². The zero-order chi connectivity index (χ0) is 11.7. The van der Waals surface area contributed by atoms with Crippen molar-refractivity contribution >= 4 is 11.5 Å². The Kier molecular flexibility index (Phi) is 2.60. The highest BCUT2D eigenvalue weighted by Gasteiger charge is 2.28. The molecule has 2 rings (SSSR count). The Balaban J connectivity index is 2.09. The number of nitrogens with zero attached hydrogens (tertiary/aromatic N) is 1. The number of hydrogen-bond donors (Lipinski definition) is 0. The summed E-state index contributed by atoms with van der Waals surface area (Å²) in [5, 5.41) is 10.6. The molecule has 0 saturated heterocycles. The van der Waals surface area contributed by atoms with Gasteiger partial charge in [-0.25, -0.2) is 0 Å². The minimum absolute atomic E-state index is 0.0617. The van der Waals surface area contributed by atoms with Gasteiger partial charge in [0.25, 0.3) is 5.69 Å². The molecule has 1 saturated carbocycles. The van der Waals surface area contributed by atoms with E-state index in [9.17, 15) is 14.9 Å². The maximum absolute atomic E-state index is 10.7. The highest BCUT2D eigenvalue weighted by molar-refractivity contribution is 5.85. The molecule has 1 fully saturated rings. The van der Waals surface area contributed by atoms with E-state index in [1.165, 1.54) is 6.07 Å². The van der Waals surface area contributed by atoms with Crippen molar-refractivity contribution in [2.75, 3.05) is 0 Å². The van der Waals surface area contributed by atoms with Crippen LogP contribution < -0.4 is 4.74 Å². The summed E-state index contributed by atoms with van der Waals surface area (Å²) in [6.07, 6.45) is 0.819. The molecular weight excluding hydrogens is 210 g/mol. The van der Waals surface area contributed by atoms with Gasteiger partial charge in [-0.2, -0.15) is 0 Å². The molecule has 0 unspecified atom stereocenters. The van der Waals surface area contributed by atoms with Crippen molar-refractivity contribution in [3.63, 3.8) is 0 Å². The molecule has 0 aliphatic heterocycles. The smallest absolute Gasteiger partial charge is 0.272 e. The topological polar surface area (TPSA) is 69.4 Å². The number of carbonyl (C=O) groups excluding carboxylic acids is 1. The highest BCUT2D eigenvalue weighted by Crippen LogP contribution is 2.27. The van der Waals surface area contributed by atoms with Gasteiger partial charge in [0, 0.05) is 24.5 Å². The largest absolute Gasteiger partial charge is 0.489 e. The van der Waals surface area contributed by atoms with E-state index in [4.69, 9.17) is 4.74 Å². The van der Waals surface area contributed by atoms with Gasteiger partial charge in [0.05, 0.1) is 4.92 Å². The van der Waals surface area contributed by atoms with Crippen LogP contribution in [0.4, 0.5) is 5.69 Å². The van der Waals surface area contributed by atoms with Crippen LogP contribution in [-0.4, -0.2) is 16.8 Å². The van der Waals surface area contributed by atoms with E-state index in [2.05, 4.69) is 0 Å². The van der Waals surface area contributed by atoms with Crippen LogP contribution in [0.15, 0.2) is 18.2 Å². The Bertz CT molecular complexity index is 447. The second kappa shape index (κ2) is 3.92. The molecule has 1 aromatic rings. The summed E-state index contributed by atoms with van der Waals surface area (Å²) in [5.41, 5.74) is 0.644. The second-order valence-electron chi connectivity index (χ2n) is 3.89. The molecule has 0 radical (unpaired) electrons. The number of carbonyl (C=O) groups is 1.